The molecule has 2 rings (SSSR count). The maximum atomic E-state index is 12.3. The van der Waals surface area contributed by atoms with Crippen molar-refractivity contribution < 1.29 is 14.3 Å². The van der Waals surface area contributed by atoms with E-state index in [1.54, 1.807) is 11.6 Å². The molecule has 1 aromatic carbocycles. The number of thiazole rings is 1. The fraction of sp³-hybridized carbons (Fsp3) is 0.600. The van der Waals surface area contributed by atoms with Crippen molar-refractivity contribution in [1.29, 1.82) is 0 Å². The molecule has 27 heavy (non-hydrogen) atoms. The molecular formula is C20H28BrNO4S. The predicted molar refractivity (Wildman–Crippen MR) is 113 cm³/mol. The number of aromatic nitrogens is 1. The number of nitrogens with zero attached hydrogens (tertiary/aromatic N) is 1. The first-order valence-corrected chi connectivity index (χ1v) is 10.5. The van der Waals surface area contributed by atoms with Crippen molar-refractivity contribution in [1.82, 2.24) is 4.57 Å². The molecule has 5 nitrogen and oxygen atoms in total. The number of esters is 1. The molecule has 0 saturated carbocycles. The highest BCUT2D eigenvalue weighted by molar-refractivity contribution is 9.10. The van der Waals surface area contributed by atoms with Crippen LogP contribution in [0.4, 0.5) is 0 Å². The molecule has 150 valence electrons. The van der Waals surface area contributed by atoms with Gasteiger partial charge in [0, 0.05) is 17.1 Å². The number of ether oxygens (including phenoxy) is 2. The quantitative estimate of drug-likeness (QED) is 0.597. The van der Waals surface area contributed by atoms with Crippen molar-refractivity contribution in [3.8, 4) is 0 Å². The molecule has 0 amide bonds. The molecule has 0 aliphatic rings. The summed E-state index contributed by atoms with van der Waals surface area (Å²) in [6.07, 6.45) is -0.447. The number of carbonyl (C=O) groups is 1. The van der Waals surface area contributed by atoms with Gasteiger partial charge in [0.2, 0.25) is 0 Å². The second-order valence-corrected chi connectivity index (χ2v) is 10.5. The summed E-state index contributed by atoms with van der Waals surface area (Å²) >= 11 is 4.86. The predicted octanol–water partition coefficient (Wildman–Crippen LogP) is 5.12. The van der Waals surface area contributed by atoms with Crippen LogP contribution in [0.1, 0.15) is 58.8 Å². The van der Waals surface area contributed by atoms with Gasteiger partial charge in [-0.05, 0) is 76.0 Å². The zero-order valence-corrected chi connectivity index (χ0v) is 19.6. The molecule has 0 N–H and O–H groups in total. The maximum Gasteiger partial charge on any atom is 0.311 e. The van der Waals surface area contributed by atoms with Crippen LogP contribution in [0.5, 0.6) is 0 Å². The number of fused-ring (bicyclic) bond motifs is 1. The summed E-state index contributed by atoms with van der Waals surface area (Å²) in [4.78, 5) is 24.3. The number of rotatable bonds is 4. The van der Waals surface area contributed by atoms with E-state index >= 15 is 0 Å². The highest BCUT2D eigenvalue weighted by Crippen LogP contribution is 2.38. The van der Waals surface area contributed by atoms with Gasteiger partial charge < -0.3 is 14.0 Å². The Labute approximate surface area is 172 Å². The van der Waals surface area contributed by atoms with Crippen molar-refractivity contribution in [2.24, 2.45) is 12.5 Å². The van der Waals surface area contributed by atoms with E-state index < -0.39 is 17.1 Å². The Kier molecular flexibility index (Phi) is 6.29. The van der Waals surface area contributed by atoms with E-state index in [9.17, 15) is 9.59 Å². The molecule has 0 bridgehead atoms. The molecule has 0 saturated heterocycles. The van der Waals surface area contributed by atoms with E-state index in [4.69, 9.17) is 9.47 Å². The number of hydrogen-bond acceptors (Lipinski definition) is 5. The van der Waals surface area contributed by atoms with Gasteiger partial charge in [-0.25, -0.2) is 0 Å². The van der Waals surface area contributed by atoms with Crippen LogP contribution in [0.15, 0.2) is 15.3 Å². The fourth-order valence-corrected chi connectivity index (χ4v) is 4.65. The van der Waals surface area contributed by atoms with Gasteiger partial charge in [-0.2, -0.15) is 0 Å². The molecule has 0 aliphatic carbocycles. The Morgan fingerprint density at radius 2 is 1.85 bits per heavy atom. The Balaban J connectivity index is 2.52. The minimum Gasteiger partial charge on any atom is -0.462 e. The zero-order chi connectivity index (χ0) is 20.7. The van der Waals surface area contributed by atoms with Gasteiger partial charge in [0.15, 0.2) is 0 Å². The molecule has 0 radical (unpaired) electrons. The highest BCUT2D eigenvalue weighted by Gasteiger charge is 2.30. The van der Waals surface area contributed by atoms with Gasteiger partial charge in [0.05, 0.1) is 21.2 Å². The van der Waals surface area contributed by atoms with Crippen molar-refractivity contribution in [2.75, 3.05) is 6.61 Å². The van der Waals surface area contributed by atoms with E-state index in [0.717, 1.165) is 25.8 Å². The third-order valence-corrected chi connectivity index (χ3v) is 6.22. The lowest BCUT2D eigenvalue weighted by Gasteiger charge is -2.30. The van der Waals surface area contributed by atoms with E-state index in [2.05, 4.69) is 15.9 Å². The minimum atomic E-state index is -0.582. The second-order valence-electron chi connectivity index (χ2n) is 8.76. The Bertz CT molecular complexity index is 915. The minimum absolute atomic E-state index is 0.0188. The van der Waals surface area contributed by atoms with Gasteiger partial charge in [0.1, 0.15) is 12.7 Å². The number of halogens is 1. The van der Waals surface area contributed by atoms with Crippen molar-refractivity contribution >= 4 is 43.5 Å². The smallest absolute Gasteiger partial charge is 0.311 e. The molecule has 1 aromatic heterocycles. The molecule has 0 aliphatic heterocycles. The number of benzene rings is 1. The average molecular weight is 458 g/mol. The summed E-state index contributed by atoms with van der Waals surface area (Å²) in [5.74, 6) is -0.274. The summed E-state index contributed by atoms with van der Waals surface area (Å²) in [6.45, 7) is 13.5. The molecular weight excluding hydrogens is 430 g/mol. The van der Waals surface area contributed by atoms with Gasteiger partial charge >= 0.3 is 10.8 Å². The molecule has 1 atom stereocenters. The topological polar surface area (TPSA) is 57.5 Å². The molecule has 1 heterocycles. The third kappa shape index (κ3) is 5.00. The molecule has 0 fully saturated rings. The van der Waals surface area contributed by atoms with Crippen molar-refractivity contribution in [2.45, 2.75) is 60.2 Å². The Morgan fingerprint density at radius 1 is 1.26 bits per heavy atom. The van der Waals surface area contributed by atoms with Crippen LogP contribution in [0.3, 0.4) is 0 Å². The molecule has 2 aromatic rings. The molecule has 0 spiro atoms. The first-order chi connectivity index (χ1) is 12.2. The lowest BCUT2D eigenvalue weighted by Crippen LogP contribution is -2.30. The standard InChI is InChI=1S/C20H28BrNO4S/c1-11-9-12-16(27-18(24)22(12)8)15(21)14(11)13(26-20(5,6)7)10-25-17(23)19(2,3)4/h9,13H,10H2,1-8H3/t13-/m1/s1. The largest absolute Gasteiger partial charge is 0.462 e. The van der Waals surface area contributed by atoms with E-state index in [1.807, 2.05) is 54.5 Å². The van der Waals surface area contributed by atoms with Crippen LogP contribution in [-0.4, -0.2) is 22.7 Å². The lowest BCUT2D eigenvalue weighted by atomic mass is 9.97. The molecule has 7 heteroatoms. The monoisotopic (exact) mass is 457 g/mol. The van der Waals surface area contributed by atoms with Gasteiger partial charge in [-0.3, -0.25) is 9.59 Å². The van der Waals surface area contributed by atoms with Crippen LogP contribution in [0, 0.1) is 12.3 Å². The van der Waals surface area contributed by atoms with Crippen molar-refractivity contribution in [3.63, 3.8) is 0 Å². The zero-order valence-electron chi connectivity index (χ0n) is 17.2. The SMILES string of the molecule is Cc1cc2c(sc(=O)n2C)c(Br)c1[C@@H](COC(=O)C(C)(C)C)OC(C)(C)C. The van der Waals surface area contributed by atoms with Crippen LogP contribution in [0.25, 0.3) is 10.2 Å². The van der Waals surface area contributed by atoms with Crippen LogP contribution in [0.2, 0.25) is 0 Å². The summed E-state index contributed by atoms with van der Waals surface area (Å²) in [5, 5.41) is 0. The molecule has 0 unspecified atom stereocenters. The second kappa shape index (κ2) is 7.68. The first-order valence-electron chi connectivity index (χ1n) is 8.86. The van der Waals surface area contributed by atoms with Gasteiger partial charge in [-0.1, -0.05) is 11.3 Å². The van der Waals surface area contributed by atoms with E-state index in [1.165, 1.54) is 11.3 Å². The third-order valence-electron chi connectivity index (χ3n) is 4.07. The van der Waals surface area contributed by atoms with Gasteiger partial charge in [-0.15, -0.1) is 0 Å². The number of hydrogen-bond donors (Lipinski definition) is 0. The first kappa shape index (κ1) is 22.1. The Hall–Kier alpha value is -1.18. The van der Waals surface area contributed by atoms with Crippen LogP contribution < -0.4 is 4.87 Å². The fourth-order valence-electron chi connectivity index (χ4n) is 2.72. The van der Waals surface area contributed by atoms with Crippen molar-refractivity contribution in [3.05, 3.63) is 31.3 Å². The maximum absolute atomic E-state index is 12.3. The van der Waals surface area contributed by atoms with Crippen LogP contribution in [-0.2, 0) is 21.3 Å². The normalized spacial score (nSPS) is 13.8. The summed E-state index contributed by atoms with van der Waals surface area (Å²) < 4.78 is 15.1. The number of aryl methyl sites for hydroxylation is 2. The summed E-state index contributed by atoms with van der Waals surface area (Å²) in [7, 11) is 1.76. The van der Waals surface area contributed by atoms with Crippen LogP contribution >= 0.6 is 27.3 Å². The average Bonchev–Trinajstić information content (AvgIpc) is 2.78. The van der Waals surface area contributed by atoms with E-state index in [-0.39, 0.29) is 17.4 Å². The lowest BCUT2D eigenvalue weighted by molar-refractivity contribution is -0.162. The Morgan fingerprint density at radius 3 is 2.37 bits per heavy atom. The van der Waals surface area contributed by atoms with Gasteiger partial charge in [0.25, 0.3) is 0 Å². The van der Waals surface area contributed by atoms with E-state index in [0.29, 0.717) is 0 Å². The summed E-state index contributed by atoms with van der Waals surface area (Å²) in [6, 6.07) is 1.98. The number of carbonyl (C=O) groups excluding carboxylic acids is 1. The highest BCUT2D eigenvalue weighted by atomic mass is 79.9. The summed E-state index contributed by atoms with van der Waals surface area (Å²) in [5.41, 5.74) is 1.74.